The first kappa shape index (κ1) is 37.6. The Morgan fingerprint density at radius 2 is 0.538 bits per heavy atom. The second-order valence-electron chi connectivity index (χ2n) is 9.33. The summed E-state index contributed by atoms with van der Waals surface area (Å²) < 4.78 is 0. The minimum Gasteiger partial charge on any atom is -0.0823 e. The Labute approximate surface area is 279 Å². The van der Waals surface area contributed by atoms with E-state index in [-0.39, 0.29) is 67.0 Å². The molecule has 6 rings (SSSR count). The van der Waals surface area contributed by atoms with Gasteiger partial charge in [-0.1, -0.05) is 43.5 Å². The predicted molar refractivity (Wildman–Crippen MR) is 155 cm³/mol. The van der Waals surface area contributed by atoms with E-state index in [1.165, 1.54) is 57.6 Å². The third-order valence-corrected chi connectivity index (χ3v) is 12.4. The second kappa shape index (κ2) is 18.4. The van der Waals surface area contributed by atoms with Gasteiger partial charge < -0.3 is 0 Å². The van der Waals surface area contributed by atoms with E-state index in [2.05, 4.69) is 156 Å². The van der Waals surface area contributed by atoms with Crippen LogP contribution in [0.25, 0.3) is 0 Å². The topological polar surface area (TPSA) is 0 Å². The molecule has 0 aromatic rings. The number of rotatable bonds is 6. The van der Waals surface area contributed by atoms with Crippen LogP contribution in [0.2, 0.25) is 0 Å². The molecule has 6 fully saturated rings. The number of hydrogen-bond acceptors (Lipinski definition) is 0. The first-order valence-electron chi connectivity index (χ1n) is 12.5. The molecule has 6 aliphatic carbocycles. The third kappa shape index (κ3) is 9.22. The van der Waals surface area contributed by atoms with Crippen LogP contribution in [0.15, 0.2) is 0 Å². The van der Waals surface area contributed by atoms with Crippen molar-refractivity contribution in [3.05, 3.63) is 186 Å². The van der Waals surface area contributed by atoms with Gasteiger partial charge in [0.2, 0.25) is 0 Å². The van der Waals surface area contributed by atoms with Crippen molar-refractivity contribution in [1.82, 2.24) is 0 Å². The van der Waals surface area contributed by atoms with Gasteiger partial charge in [-0.3, -0.25) is 0 Å². The fourth-order valence-electron chi connectivity index (χ4n) is 4.85. The molecule has 0 spiro atoms. The van der Waals surface area contributed by atoms with E-state index in [4.69, 9.17) is 0 Å². The van der Waals surface area contributed by atoms with Crippen LogP contribution in [0.3, 0.4) is 0 Å². The fourth-order valence-corrected chi connectivity index (χ4v) is 10.1. The largest absolute Gasteiger partial charge is 2.00 e. The van der Waals surface area contributed by atoms with Gasteiger partial charge in [-0.2, -0.15) is 0 Å². The third-order valence-electron chi connectivity index (χ3n) is 6.79. The molecule has 0 unspecified atom stereocenters. The maximum Gasteiger partial charge on any atom is 2.00 e. The van der Waals surface area contributed by atoms with Gasteiger partial charge in [0.25, 0.3) is 0 Å². The molecule has 6 aliphatic rings. The summed E-state index contributed by atoms with van der Waals surface area (Å²) in [5, 5.41) is 0. The summed E-state index contributed by atoms with van der Waals surface area (Å²) in [7, 11) is -0.753. The Kier molecular flexibility index (Phi) is 17.7. The number of hydrogen-bond donors (Lipinski definition) is 0. The molecule has 0 aromatic heterocycles. The zero-order valence-electron chi connectivity index (χ0n) is 22.5. The summed E-state index contributed by atoms with van der Waals surface area (Å²) in [5.74, 6) is 5.62. The van der Waals surface area contributed by atoms with Gasteiger partial charge in [-0.25, -0.2) is 0 Å². The molecule has 5 heteroatoms. The van der Waals surface area contributed by atoms with Gasteiger partial charge in [-0.15, -0.1) is 0 Å². The Balaban J connectivity index is 0.000000254. The Bertz CT molecular complexity index is 569. The maximum absolute atomic E-state index is 2.28. The van der Waals surface area contributed by atoms with Crippen LogP contribution in [0.5, 0.6) is 0 Å². The molecule has 0 aromatic carbocycles. The minimum absolute atomic E-state index is 0. The van der Waals surface area contributed by atoms with Crippen LogP contribution in [-0.2, 0) is 51.2 Å². The molecule has 6 saturated carbocycles. The van der Waals surface area contributed by atoms with E-state index < -0.39 is 0 Å². The van der Waals surface area contributed by atoms with Crippen molar-refractivity contribution in [2.75, 3.05) is 0 Å². The van der Waals surface area contributed by atoms with E-state index in [0.717, 1.165) is 0 Å². The zero-order chi connectivity index (χ0) is 25.1. The van der Waals surface area contributed by atoms with Crippen LogP contribution < -0.4 is 0 Å². The van der Waals surface area contributed by atoms with Crippen molar-refractivity contribution >= 4 is 15.8 Å². The molecule has 0 N–H and O–H groups in total. The molecule has 0 aliphatic heterocycles. The van der Waals surface area contributed by atoms with E-state index in [9.17, 15) is 0 Å². The average Bonchev–Trinajstić information content (AvgIpc) is 3.68. The molecule has 196 valence electrons. The van der Waals surface area contributed by atoms with Crippen LogP contribution in [0, 0.1) is 186 Å². The van der Waals surface area contributed by atoms with E-state index >= 15 is 0 Å². The smallest absolute Gasteiger partial charge is 0.0823 e. The molecule has 0 saturated heterocycles. The van der Waals surface area contributed by atoms with Crippen molar-refractivity contribution in [1.29, 1.82) is 0 Å². The van der Waals surface area contributed by atoms with Crippen molar-refractivity contribution < 1.29 is 51.2 Å². The van der Waals surface area contributed by atoms with Crippen molar-refractivity contribution in [2.24, 2.45) is 0 Å². The van der Waals surface area contributed by atoms with Gasteiger partial charge in [0.05, 0.1) is 0 Å². The van der Waals surface area contributed by atoms with Gasteiger partial charge in [0, 0.05) is 34.0 Å². The monoisotopic (exact) mass is 670 g/mol. The summed E-state index contributed by atoms with van der Waals surface area (Å²) in [6, 6.07) is 0. The van der Waals surface area contributed by atoms with Gasteiger partial charge in [-0.05, 0) is 152 Å². The summed E-state index contributed by atoms with van der Waals surface area (Å²) in [4.78, 5) is 0. The SMILES string of the molecule is C[C]1[CH][CH][CH][C]1P([C]1[CH][CH][CH][CH]1)[C]1[CH][CH][CH][C]1C.C[C]1[CH][CH][CH][C]1P([C]1[CH][CH][CH][CH]1)[C]1[CH][CH][CH][C]1C.[Fe+2].[Fe+2].[Fe+2]. The Hall–Kier alpha value is 2.42. The first-order valence-corrected chi connectivity index (χ1v) is 15.2. The molecule has 0 nitrogen and oxygen atoms in total. The molecule has 0 atom stereocenters. The summed E-state index contributed by atoms with van der Waals surface area (Å²) >= 11 is 0. The Morgan fingerprint density at radius 1 is 0.308 bits per heavy atom. The summed E-state index contributed by atoms with van der Waals surface area (Å²) in [5.41, 5.74) is 8.87. The quantitative estimate of drug-likeness (QED) is 0.196. The van der Waals surface area contributed by atoms with Gasteiger partial charge in [0.15, 0.2) is 0 Å². The van der Waals surface area contributed by atoms with Crippen LogP contribution in [0.4, 0.5) is 0 Å². The van der Waals surface area contributed by atoms with Crippen molar-refractivity contribution in [3.8, 4) is 0 Å². The summed E-state index contributed by atoms with van der Waals surface area (Å²) in [6.07, 6.45) is 44.2. The predicted octanol–water partition coefficient (Wildman–Crippen LogP) is 8.67. The second-order valence-corrected chi connectivity index (χ2v) is 13.6. The standard InChI is InChI=1S/2C17H16P.3Fe/c2*1-13-7-5-11-16(13)18(15-9-3-4-10-15)17-12-6-8-14(17)2;;;/h2*3-12H,1-2H3;;;/q;;3*+2. The molecule has 0 heterocycles. The van der Waals surface area contributed by atoms with Gasteiger partial charge in [0.1, 0.15) is 0 Å². The first-order chi connectivity index (χ1) is 17.5. The van der Waals surface area contributed by atoms with Crippen molar-refractivity contribution in [2.45, 2.75) is 27.7 Å². The summed E-state index contributed by atoms with van der Waals surface area (Å²) in [6.45, 7) is 8.86. The van der Waals surface area contributed by atoms with Crippen LogP contribution in [-0.4, -0.2) is 0 Å². The fraction of sp³-hybridized carbons (Fsp3) is 0.118. The molecule has 0 amide bonds. The van der Waals surface area contributed by atoms with Crippen LogP contribution in [0.1, 0.15) is 27.7 Å². The molecule has 0 bridgehead atoms. The van der Waals surface area contributed by atoms with Gasteiger partial charge >= 0.3 is 51.2 Å². The average molecular weight is 670 g/mol. The van der Waals surface area contributed by atoms with Crippen molar-refractivity contribution in [3.63, 3.8) is 0 Å². The zero-order valence-corrected chi connectivity index (χ0v) is 27.6. The molecule has 39 heavy (non-hydrogen) atoms. The van der Waals surface area contributed by atoms with E-state index in [1.807, 2.05) is 0 Å². The van der Waals surface area contributed by atoms with Crippen LogP contribution >= 0.6 is 15.8 Å². The van der Waals surface area contributed by atoms with E-state index in [0.29, 0.717) is 0 Å². The minimum atomic E-state index is -0.377. The molecule has 30 radical (unpaired) electrons. The maximum atomic E-state index is 2.28. The normalized spacial score (nSPS) is 27.8. The Morgan fingerprint density at radius 3 is 0.718 bits per heavy atom. The van der Waals surface area contributed by atoms with E-state index in [1.54, 1.807) is 0 Å². The molecular weight excluding hydrogens is 638 g/mol. The molecular formula is C34H32Fe3P2+6.